The van der Waals surface area contributed by atoms with E-state index in [1.807, 2.05) is 10.9 Å². The fourth-order valence-corrected chi connectivity index (χ4v) is 2.26. The molecule has 0 fully saturated rings. The van der Waals surface area contributed by atoms with Gasteiger partial charge < -0.3 is 0 Å². The molecule has 1 atom stereocenters. The van der Waals surface area contributed by atoms with E-state index in [1.54, 1.807) is 23.3 Å². The van der Waals surface area contributed by atoms with E-state index in [-0.39, 0.29) is 6.16 Å². The van der Waals surface area contributed by atoms with Crippen LogP contribution in [0.15, 0.2) is 35.0 Å². The van der Waals surface area contributed by atoms with E-state index in [0.717, 1.165) is 13.0 Å². The maximum atomic E-state index is 10.6. The molecule has 0 bridgehead atoms. The van der Waals surface area contributed by atoms with Gasteiger partial charge in [0.15, 0.2) is 6.16 Å². The first-order valence-electron chi connectivity index (χ1n) is 7.27. The smallest absolute Gasteiger partial charge is 0.270 e. The summed E-state index contributed by atoms with van der Waals surface area (Å²) < 4.78 is 14.1. The van der Waals surface area contributed by atoms with E-state index in [4.69, 9.17) is 4.89 Å². The molecule has 9 heteroatoms. The van der Waals surface area contributed by atoms with Crippen LogP contribution in [0.3, 0.4) is 0 Å². The van der Waals surface area contributed by atoms with E-state index in [1.165, 1.54) is 12.8 Å². The van der Waals surface area contributed by atoms with Crippen LogP contribution in [0.1, 0.15) is 26.2 Å². The van der Waals surface area contributed by atoms with Gasteiger partial charge in [0.2, 0.25) is 0 Å². The van der Waals surface area contributed by atoms with Gasteiger partial charge in [-0.05, 0) is 11.0 Å². The van der Waals surface area contributed by atoms with Crippen molar-refractivity contribution >= 4 is 19.4 Å². The zero-order chi connectivity index (χ0) is 15.8. The first kappa shape index (κ1) is 16.5. The van der Waals surface area contributed by atoms with Crippen molar-refractivity contribution in [3.63, 3.8) is 0 Å². The molecule has 0 amide bonds. The molecule has 2 heterocycles. The van der Waals surface area contributed by atoms with Crippen LogP contribution >= 0.6 is 8.03 Å². The summed E-state index contributed by atoms with van der Waals surface area (Å²) in [4.78, 5) is 8.77. The first-order chi connectivity index (χ1) is 10.7. The van der Waals surface area contributed by atoms with Gasteiger partial charge in [0, 0.05) is 6.54 Å². The van der Waals surface area contributed by atoms with Crippen LogP contribution in [0, 0.1) is 0 Å². The summed E-state index contributed by atoms with van der Waals surface area (Å²) in [6, 6.07) is 0. The Kier molecular flexibility index (Phi) is 6.36. The Labute approximate surface area is 129 Å². The molecule has 0 spiro atoms. The first-order valence-corrected chi connectivity index (χ1v) is 8.67. The molecular weight excluding hydrogens is 303 g/mol. The summed E-state index contributed by atoms with van der Waals surface area (Å²) >= 11 is 0. The molecule has 1 unspecified atom stereocenters. The second kappa shape index (κ2) is 8.51. The SMILES string of the molecule is CCCCCn1cc(N=Nc2cnn(CC[P+](=O)O)c2)cn1. The van der Waals surface area contributed by atoms with E-state index < -0.39 is 8.03 Å². The molecule has 0 aromatic carbocycles. The average Bonchev–Trinajstić information content (AvgIpc) is 3.12. The van der Waals surface area contributed by atoms with Crippen LogP contribution in [-0.2, 0) is 17.7 Å². The lowest BCUT2D eigenvalue weighted by atomic mass is 10.2. The number of unbranched alkanes of at least 4 members (excludes halogenated alkanes) is 2. The number of aromatic nitrogens is 4. The van der Waals surface area contributed by atoms with Crippen molar-refractivity contribution in [3.05, 3.63) is 24.8 Å². The standard InChI is InChI=1S/C13H19N6O2P/c1-2-3-4-5-18-10-12(8-14-18)16-17-13-9-15-19(11-13)6-7-22(20)21/h8-11H,2-7H2,1H3/p+1. The lowest BCUT2D eigenvalue weighted by Crippen LogP contribution is -1.99. The molecule has 22 heavy (non-hydrogen) atoms. The quantitative estimate of drug-likeness (QED) is 0.434. The molecule has 0 saturated carbocycles. The topological polar surface area (TPSA) is 97.7 Å². The predicted molar refractivity (Wildman–Crippen MR) is 82.8 cm³/mol. The third kappa shape index (κ3) is 5.46. The van der Waals surface area contributed by atoms with Crippen LogP contribution in [0.5, 0.6) is 0 Å². The fourth-order valence-electron chi connectivity index (χ4n) is 1.88. The second-order valence-electron chi connectivity index (χ2n) is 4.91. The summed E-state index contributed by atoms with van der Waals surface area (Å²) in [5, 5.41) is 16.5. The fraction of sp³-hybridized carbons (Fsp3) is 0.538. The van der Waals surface area contributed by atoms with Gasteiger partial charge in [0.1, 0.15) is 11.4 Å². The highest BCUT2D eigenvalue weighted by Crippen LogP contribution is 2.18. The number of azo groups is 1. The van der Waals surface area contributed by atoms with Crippen LogP contribution in [0.4, 0.5) is 11.4 Å². The molecule has 0 radical (unpaired) electrons. The molecule has 0 aliphatic rings. The van der Waals surface area contributed by atoms with E-state index in [0.29, 0.717) is 17.9 Å². The maximum Gasteiger partial charge on any atom is 0.507 e. The minimum atomic E-state index is -2.14. The van der Waals surface area contributed by atoms with Gasteiger partial charge in [-0.3, -0.25) is 9.36 Å². The molecule has 2 aromatic rings. The minimum absolute atomic E-state index is 0.179. The molecule has 0 aliphatic heterocycles. The zero-order valence-corrected chi connectivity index (χ0v) is 13.4. The minimum Gasteiger partial charge on any atom is -0.270 e. The Morgan fingerprint density at radius 3 is 2.23 bits per heavy atom. The van der Waals surface area contributed by atoms with Crippen molar-refractivity contribution in [1.29, 1.82) is 0 Å². The van der Waals surface area contributed by atoms with Crippen molar-refractivity contribution < 1.29 is 9.46 Å². The average molecular weight is 323 g/mol. The van der Waals surface area contributed by atoms with Gasteiger partial charge in [-0.25, -0.2) is 0 Å². The number of nitrogens with zero attached hydrogens (tertiary/aromatic N) is 6. The number of rotatable bonds is 9. The monoisotopic (exact) mass is 323 g/mol. The van der Waals surface area contributed by atoms with Crippen molar-refractivity contribution in [3.8, 4) is 0 Å². The third-order valence-electron chi connectivity index (χ3n) is 3.03. The van der Waals surface area contributed by atoms with Crippen LogP contribution in [0.25, 0.3) is 0 Å². The van der Waals surface area contributed by atoms with Crippen molar-refractivity contribution in [2.24, 2.45) is 10.2 Å². The zero-order valence-electron chi connectivity index (χ0n) is 12.5. The third-order valence-corrected chi connectivity index (χ3v) is 3.61. The Morgan fingerprint density at radius 1 is 1.09 bits per heavy atom. The molecule has 2 rings (SSSR count). The molecular formula is C13H20N6O2P+. The van der Waals surface area contributed by atoms with Crippen molar-refractivity contribution in [1.82, 2.24) is 19.6 Å². The van der Waals surface area contributed by atoms with Gasteiger partial charge in [0.25, 0.3) is 0 Å². The van der Waals surface area contributed by atoms with E-state index in [2.05, 4.69) is 27.3 Å². The number of hydrogen-bond acceptors (Lipinski definition) is 5. The molecule has 8 nitrogen and oxygen atoms in total. The Morgan fingerprint density at radius 2 is 1.68 bits per heavy atom. The molecule has 0 saturated heterocycles. The lowest BCUT2D eigenvalue weighted by molar-refractivity contribution is 0.495. The Bertz CT molecular complexity index is 636. The van der Waals surface area contributed by atoms with Crippen LogP contribution < -0.4 is 0 Å². The summed E-state index contributed by atoms with van der Waals surface area (Å²) in [6.45, 7) is 3.44. The highest BCUT2D eigenvalue weighted by atomic mass is 31.1. The highest BCUT2D eigenvalue weighted by Gasteiger charge is 2.10. The van der Waals surface area contributed by atoms with Gasteiger partial charge >= 0.3 is 8.03 Å². The van der Waals surface area contributed by atoms with Crippen LogP contribution in [0.2, 0.25) is 0 Å². The molecule has 0 aliphatic carbocycles. The van der Waals surface area contributed by atoms with Crippen molar-refractivity contribution in [2.75, 3.05) is 6.16 Å². The number of hydrogen-bond donors (Lipinski definition) is 1. The maximum absolute atomic E-state index is 10.6. The largest absolute Gasteiger partial charge is 0.507 e. The molecule has 118 valence electrons. The summed E-state index contributed by atoms with van der Waals surface area (Å²) in [5.41, 5.74) is 1.30. The van der Waals surface area contributed by atoms with Crippen molar-refractivity contribution in [2.45, 2.75) is 39.3 Å². The Balaban J connectivity index is 1.87. The summed E-state index contributed by atoms with van der Waals surface area (Å²) in [6.07, 6.45) is 10.5. The number of aryl methyl sites for hydroxylation is 2. The highest BCUT2D eigenvalue weighted by molar-refractivity contribution is 7.37. The van der Waals surface area contributed by atoms with Gasteiger partial charge in [-0.1, -0.05) is 19.8 Å². The second-order valence-corrected chi connectivity index (χ2v) is 6.06. The lowest BCUT2D eigenvalue weighted by Gasteiger charge is -1.98. The normalized spacial score (nSPS) is 12.2. The molecule has 2 aromatic heterocycles. The predicted octanol–water partition coefficient (Wildman–Crippen LogP) is 3.42. The summed E-state index contributed by atoms with van der Waals surface area (Å²) in [5.74, 6) is 0. The van der Waals surface area contributed by atoms with E-state index in [9.17, 15) is 4.57 Å². The van der Waals surface area contributed by atoms with Crippen LogP contribution in [-0.4, -0.2) is 30.6 Å². The van der Waals surface area contributed by atoms with Gasteiger partial charge in [-0.15, -0.1) is 10.2 Å². The van der Waals surface area contributed by atoms with Gasteiger partial charge in [0.05, 0.1) is 31.3 Å². The van der Waals surface area contributed by atoms with E-state index >= 15 is 0 Å². The van der Waals surface area contributed by atoms with Gasteiger partial charge in [-0.2, -0.15) is 15.1 Å². The molecule has 1 N–H and O–H groups in total. The summed E-state index contributed by atoms with van der Waals surface area (Å²) in [7, 11) is -2.14. The Hall–Kier alpha value is -1.92.